The zero-order chi connectivity index (χ0) is 14.9. The molecule has 1 saturated carbocycles. The van der Waals surface area contributed by atoms with Crippen molar-refractivity contribution in [2.24, 2.45) is 5.92 Å². The van der Waals surface area contributed by atoms with Crippen LogP contribution in [0.15, 0.2) is 0 Å². The van der Waals surface area contributed by atoms with Crippen LogP contribution in [0.25, 0.3) is 0 Å². The van der Waals surface area contributed by atoms with E-state index in [9.17, 15) is 0 Å². The highest BCUT2D eigenvalue weighted by atomic mass is 15.3. The van der Waals surface area contributed by atoms with Crippen LogP contribution in [-0.4, -0.2) is 60.1 Å². The molecular formula is C18H35N3. The smallest absolute Gasteiger partial charge is 0.0309 e. The average molecular weight is 293 g/mol. The number of hydrogen-bond donors (Lipinski definition) is 1. The van der Waals surface area contributed by atoms with E-state index in [1.807, 2.05) is 0 Å². The molecule has 3 nitrogen and oxygen atoms in total. The van der Waals surface area contributed by atoms with E-state index in [1.165, 1.54) is 71.2 Å². The number of hydrogen-bond acceptors (Lipinski definition) is 3. The number of piperazine rings is 1. The highest BCUT2D eigenvalue weighted by molar-refractivity contribution is 4.99. The van der Waals surface area contributed by atoms with Gasteiger partial charge in [-0.25, -0.2) is 0 Å². The van der Waals surface area contributed by atoms with Crippen LogP contribution in [0.3, 0.4) is 0 Å². The number of likely N-dealkylation sites (tertiary alicyclic amines) is 1. The lowest BCUT2D eigenvalue weighted by atomic mass is 9.79. The van der Waals surface area contributed by atoms with Gasteiger partial charge in [-0.3, -0.25) is 4.90 Å². The summed E-state index contributed by atoms with van der Waals surface area (Å²) in [5, 5.41) is 3.91. The molecule has 0 amide bonds. The molecule has 3 rings (SSSR count). The lowest BCUT2D eigenvalue weighted by Crippen LogP contribution is -2.64. The highest BCUT2D eigenvalue weighted by Gasteiger charge is 2.39. The van der Waals surface area contributed by atoms with E-state index in [2.05, 4.69) is 35.9 Å². The molecule has 0 radical (unpaired) electrons. The Balaban J connectivity index is 1.56. The fourth-order valence-corrected chi connectivity index (χ4v) is 4.71. The fraction of sp³-hybridized carbons (Fsp3) is 1.00. The summed E-state index contributed by atoms with van der Waals surface area (Å²) in [6.07, 6.45) is 8.52. The van der Waals surface area contributed by atoms with Crippen molar-refractivity contribution in [3.63, 3.8) is 0 Å². The van der Waals surface area contributed by atoms with Crippen LogP contribution in [0.5, 0.6) is 0 Å². The van der Waals surface area contributed by atoms with Gasteiger partial charge in [0.05, 0.1) is 0 Å². The summed E-state index contributed by atoms with van der Waals surface area (Å²) >= 11 is 0. The van der Waals surface area contributed by atoms with Gasteiger partial charge in [-0.1, -0.05) is 19.3 Å². The SMILES string of the molecule is CC(C)N1CCC(CN2CC3(CCCCC3)NCC2C)C1. The summed E-state index contributed by atoms with van der Waals surface area (Å²) in [5.41, 5.74) is 0.459. The maximum absolute atomic E-state index is 3.91. The predicted molar refractivity (Wildman–Crippen MR) is 89.7 cm³/mol. The molecule has 2 heterocycles. The Bertz CT molecular complexity index is 335. The van der Waals surface area contributed by atoms with Crippen molar-refractivity contribution in [3.8, 4) is 0 Å². The Morgan fingerprint density at radius 1 is 1.19 bits per heavy atom. The molecule has 21 heavy (non-hydrogen) atoms. The minimum absolute atomic E-state index is 0.459. The van der Waals surface area contributed by atoms with E-state index >= 15 is 0 Å². The van der Waals surface area contributed by atoms with Crippen molar-refractivity contribution in [1.82, 2.24) is 15.1 Å². The second kappa shape index (κ2) is 6.55. The molecule has 1 N–H and O–H groups in total. The number of nitrogens with one attached hydrogen (secondary N) is 1. The van der Waals surface area contributed by atoms with Crippen molar-refractivity contribution in [2.45, 2.75) is 76.9 Å². The van der Waals surface area contributed by atoms with E-state index < -0.39 is 0 Å². The maximum atomic E-state index is 3.91. The summed E-state index contributed by atoms with van der Waals surface area (Å²) in [6, 6.07) is 1.44. The van der Waals surface area contributed by atoms with Crippen LogP contribution in [0.2, 0.25) is 0 Å². The number of rotatable bonds is 3. The van der Waals surface area contributed by atoms with Gasteiger partial charge in [-0.2, -0.15) is 0 Å². The normalized spacial score (nSPS) is 34.9. The van der Waals surface area contributed by atoms with E-state index in [1.54, 1.807) is 0 Å². The van der Waals surface area contributed by atoms with Gasteiger partial charge in [-0.15, -0.1) is 0 Å². The van der Waals surface area contributed by atoms with Gasteiger partial charge in [0, 0.05) is 43.8 Å². The summed E-state index contributed by atoms with van der Waals surface area (Å²) in [7, 11) is 0. The molecule has 0 aromatic rings. The number of nitrogens with zero attached hydrogens (tertiary/aromatic N) is 2. The molecule has 0 aromatic heterocycles. The monoisotopic (exact) mass is 293 g/mol. The first kappa shape index (κ1) is 15.8. The first-order valence-electron chi connectivity index (χ1n) is 9.31. The molecule has 2 aliphatic heterocycles. The lowest BCUT2D eigenvalue weighted by Gasteiger charge is -2.49. The van der Waals surface area contributed by atoms with Gasteiger partial charge in [-0.05, 0) is 52.5 Å². The maximum Gasteiger partial charge on any atom is 0.0309 e. The molecule has 3 heteroatoms. The first-order valence-corrected chi connectivity index (χ1v) is 9.31. The first-order chi connectivity index (χ1) is 10.1. The van der Waals surface area contributed by atoms with Crippen LogP contribution in [0, 0.1) is 5.92 Å². The van der Waals surface area contributed by atoms with Gasteiger partial charge < -0.3 is 10.2 Å². The van der Waals surface area contributed by atoms with E-state index in [0.29, 0.717) is 11.6 Å². The minimum atomic E-state index is 0.459. The zero-order valence-electron chi connectivity index (χ0n) is 14.4. The van der Waals surface area contributed by atoms with E-state index in [-0.39, 0.29) is 0 Å². The highest BCUT2D eigenvalue weighted by Crippen LogP contribution is 2.32. The Kier molecular flexibility index (Phi) is 4.92. The minimum Gasteiger partial charge on any atom is -0.308 e. The molecule has 0 aromatic carbocycles. The predicted octanol–water partition coefficient (Wildman–Crippen LogP) is 2.71. The average Bonchev–Trinajstić information content (AvgIpc) is 2.93. The molecule has 1 aliphatic carbocycles. The molecular weight excluding hydrogens is 258 g/mol. The van der Waals surface area contributed by atoms with E-state index in [0.717, 1.165) is 12.0 Å². The molecule has 1 spiro atoms. The summed E-state index contributed by atoms with van der Waals surface area (Å²) in [4.78, 5) is 5.48. The molecule has 2 atom stereocenters. The van der Waals surface area contributed by atoms with Gasteiger partial charge in [0.1, 0.15) is 0 Å². The van der Waals surface area contributed by atoms with Gasteiger partial charge in [0.2, 0.25) is 0 Å². The van der Waals surface area contributed by atoms with Crippen molar-refractivity contribution in [2.75, 3.05) is 32.7 Å². The second-order valence-electron chi connectivity index (χ2n) is 8.24. The quantitative estimate of drug-likeness (QED) is 0.863. The molecule has 3 fully saturated rings. The van der Waals surface area contributed by atoms with Gasteiger partial charge >= 0.3 is 0 Å². The third kappa shape index (κ3) is 3.62. The van der Waals surface area contributed by atoms with Crippen molar-refractivity contribution < 1.29 is 0 Å². The Labute approximate surface area is 131 Å². The molecule has 2 saturated heterocycles. The third-order valence-corrected chi connectivity index (χ3v) is 6.25. The van der Waals surface area contributed by atoms with Gasteiger partial charge in [0.25, 0.3) is 0 Å². The largest absolute Gasteiger partial charge is 0.308 e. The van der Waals surface area contributed by atoms with Crippen LogP contribution >= 0.6 is 0 Å². The van der Waals surface area contributed by atoms with Crippen molar-refractivity contribution >= 4 is 0 Å². The lowest BCUT2D eigenvalue weighted by molar-refractivity contribution is 0.0515. The molecule has 122 valence electrons. The van der Waals surface area contributed by atoms with Crippen LogP contribution in [0.4, 0.5) is 0 Å². The zero-order valence-corrected chi connectivity index (χ0v) is 14.4. The standard InChI is InChI=1S/C18H35N3/c1-15(2)20-10-7-17(12-20)13-21-14-18(19-11-16(21)3)8-5-4-6-9-18/h15-17,19H,4-14H2,1-3H3. The van der Waals surface area contributed by atoms with Crippen LogP contribution in [0.1, 0.15) is 59.3 Å². The van der Waals surface area contributed by atoms with Crippen molar-refractivity contribution in [3.05, 3.63) is 0 Å². The van der Waals surface area contributed by atoms with Gasteiger partial charge in [0.15, 0.2) is 0 Å². The van der Waals surface area contributed by atoms with Crippen LogP contribution in [-0.2, 0) is 0 Å². The topological polar surface area (TPSA) is 18.5 Å². The van der Waals surface area contributed by atoms with Crippen molar-refractivity contribution in [1.29, 1.82) is 0 Å². The summed E-state index contributed by atoms with van der Waals surface area (Å²) < 4.78 is 0. The molecule has 3 aliphatic rings. The Morgan fingerprint density at radius 3 is 2.62 bits per heavy atom. The Hall–Kier alpha value is -0.120. The second-order valence-corrected chi connectivity index (χ2v) is 8.24. The summed E-state index contributed by atoms with van der Waals surface area (Å²) in [5.74, 6) is 0.897. The van der Waals surface area contributed by atoms with Crippen LogP contribution < -0.4 is 5.32 Å². The summed E-state index contributed by atoms with van der Waals surface area (Å²) in [6.45, 7) is 13.5. The Morgan fingerprint density at radius 2 is 1.95 bits per heavy atom. The fourth-order valence-electron chi connectivity index (χ4n) is 4.71. The molecule has 0 bridgehead atoms. The molecule has 2 unspecified atom stereocenters. The third-order valence-electron chi connectivity index (χ3n) is 6.25. The van der Waals surface area contributed by atoms with E-state index in [4.69, 9.17) is 0 Å².